The molecule has 5 heteroatoms. The number of hydrogen-bond acceptors (Lipinski definition) is 2. The molecule has 0 fully saturated rings. The second-order valence-electron chi connectivity index (χ2n) is 2.63. The molecule has 0 atom stereocenters. The Labute approximate surface area is 70.7 Å². The molecular formula is C6H17O3PS. The quantitative estimate of drug-likeness (QED) is 0.544. The van der Waals surface area contributed by atoms with Gasteiger partial charge in [-0.1, -0.05) is 6.92 Å². The summed E-state index contributed by atoms with van der Waals surface area (Å²) in [5.41, 5.74) is 0. The first kappa shape index (κ1) is 13.9. The first-order chi connectivity index (χ1) is 4.79. The van der Waals surface area contributed by atoms with Gasteiger partial charge in [0.2, 0.25) is 0 Å². The topological polar surface area (TPSA) is 54.4 Å². The summed E-state index contributed by atoms with van der Waals surface area (Å²) in [5, 5.41) is 0. The van der Waals surface area contributed by atoms with Crippen molar-refractivity contribution >= 4 is 18.0 Å². The summed E-state index contributed by atoms with van der Waals surface area (Å²) in [7, 11) is -3.29. The highest BCUT2D eigenvalue weighted by atomic mass is 32.2. The molecule has 0 aliphatic rings. The third-order valence-corrected chi connectivity index (χ3v) is 1.39. The van der Waals surface area contributed by atoms with Crippen LogP contribution < -0.4 is 0 Å². The molecule has 0 spiro atoms. The third-order valence-electron chi connectivity index (χ3n) is 0.462. The van der Waals surface area contributed by atoms with Gasteiger partial charge >= 0.3 is 0 Å². The second kappa shape index (κ2) is 7.01. The van der Waals surface area contributed by atoms with Gasteiger partial charge in [0.25, 0.3) is 10.1 Å². The van der Waals surface area contributed by atoms with Crippen LogP contribution in [0.2, 0.25) is 0 Å². The van der Waals surface area contributed by atoms with Crippen LogP contribution in [-0.4, -0.2) is 38.7 Å². The maximum atomic E-state index is 9.79. The van der Waals surface area contributed by atoms with E-state index in [0.717, 1.165) is 0 Å². The molecule has 3 nitrogen and oxygen atoms in total. The largest absolute Gasteiger partial charge is 0.286 e. The maximum absolute atomic E-state index is 9.79. The summed E-state index contributed by atoms with van der Waals surface area (Å²) in [5.74, 6) is -0.132. The lowest BCUT2D eigenvalue weighted by atomic mass is 10.6. The van der Waals surface area contributed by atoms with Gasteiger partial charge in [-0.3, -0.25) is 4.55 Å². The second-order valence-corrected chi connectivity index (χ2v) is 6.88. The van der Waals surface area contributed by atoms with Crippen molar-refractivity contribution in [2.24, 2.45) is 0 Å². The van der Waals surface area contributed by atoms with Gasteiger partial charge in [-0.15, -0.1) is 7.92 Å². The van der Waals surface area contributed by atoms with Gasteiger partial charge in [0, 0.05) is 0 Å². The lowest BCUT2D eigenvalue weighted by molar-refractivity contribution is 0.482. The Kier molecular flexibility index (Phi) is 8.86. The molecule has 0 unspecified atom stereocenters. The molecule has 0 saturated heterocycles. The minimum absolute atomic E-state index is 0.132. The predicted molar refractivity (Wildman–Crippen MR) is 51.4 cm³/mol. The highest BCUT2D eigenvalue weighted by molar-refractivity contribution is 7.85. The van der Waals surface area contributed by atoms with E-state index in [-0.39, 0.29) is 5.75 Å². The molecule has 0 radical (unpaired) electrons. The Balaban J connectivity index is 0. The first-order valence-electron chi connectivity index (χ1n) is 3.35. The zero-order valence-electron chi connectivity index (χ0n) is 7.53. The average molecular weight is 200 g/mol. The lowest BCUT2D eigenvalue weighted by Gasteiger charge is -1.85. The van der Waals surface area contributed by atoms with Crippen LogP contribution in [0.5, 0.6) is 0 Å². The maximum Gasteiger partial charge on any atom is 0.264 e. The van der Waals surface area contributed by atoms with Crippen molar-refractivity contribution in [2.75, 3.05) is 25.7 Å². The van der Waals surface area contributed by atoms with Crippen LogP contribution in [0.15, 0.2) is 0 Å². The van der Waals surface area contributed by atoms with E-state index in [2.05, 4.69) is 20.0 Å². The molecule has 0 aliphatic heterocycles. The number of rotatable bonds is 2. The molecular weight excluding hydrogens is 183 g/mol. The highest BCUT2D eigenvalue weighted by Gasteiger charge is 1.98. The molecule has 0 aliphatic carbocycles. The van der Waals surface area contributed by atoms with E-state index in [9.17, 15) is 8.42 Å². The summed E-state index contributed by atoms with van der Waals surface area (Å²) in [6, 6.07) is 0. The molecule has 0 amide bonds. The SMILES string of the molecule is CCCS(=O)(=O)O.CP(C)C. The van der Waals surface area contributed by atoms with E-state index in [1.54, 1.807) is 6.92 Å². The molecule has 0 aromatic rings. The average Bonchev–Trinajstić information content (AvgIpc) is 1.58. The first-order valence-corrected chi connectivity index (χ1v) is 7.65. The molecule has 70 valence electrons. The zero-order chi connectivity index (χ0) is 9.49. The van der Waals surface area contributed by atoms with E-state index in [1.807, 2.05) is 0 Å². The standard InChI is InChI=1S/C3H8O3S.C3H9P/c1-2-3-7(4,5)6;1-4(2)3/h2-3H2,1H3,(H,4,5,6);1-3H3. The molecule has 0 aromatic heterocycles. The van der Waals surface area contributed by atoms with Crippen LogP contribution in [0.4, 0.5) is 0 Å². The van der Waals surface area contributed by atoms with Crippen LogP contribution in [-0.2, 0) is 10.1 Å². The van der Waals surface area contributed by atoms with Gasteiger partial charge in [0.05, 0.1) is 5.75 Å². The van der Waals surface area contributed by atoms with Gasteiger partial charge in [0.15, 0.2) is 0 Å². The molecule has 0 aromatic carbocycles. The Morgan fingerprint density at radius 1 is 1.27 bits per heavy atom. The smallest absolute Gasteiger partial charge is 0.264 e. The summed E-state index contributed by atoms with van der Waals surface area (Å²) < 4.78 is 27.6. The van der Waals surface area contributed by atoms with Crippen molar-refractivity contribution in [1.82, 2.24) is 0 Å². The molecule has 0 bridgehead atoms. The summed E-state index contributed by atoms with van der Waals surface area (Å²) >= 11 is 0. The molecule has 1 N–H and O–H groups in total. The minimum atomic E-state index is -3.67. The van der Waals surface area contributed by atoms with Crippen molar-refractivity contribution in [3.05, 3.63) is 0 Å². The van der Waals surface area contributed by atoms with Gasteiger partial charge in [-0.05, 0) is 26.4 Å². The van der Waals surface area contributed by atoms with Crippen molar-refractivity contribution in [2.45, 2.75) is 13.3 Å². The van der Waals surface area contributed by atoms with E-state index >= 15 is 0 Å². The fraction of sp³-hybridized carbons (Fsp3) is 1.00. The van der Waals surface area contributed by atoms with E-state index in [0.29, 0.717) is 14.3 Å². The van der Waals surface area contributed by atoms with Crippen LogP contribution in [0.25, 0.3) is 0 Å². The molecule has 0 rings (SSSR count). The van der Waals surface area contributed by atoms with Crippen molar-refractivity contribution < 1.29 is 13.0 Å². The summed E-state index contributed by atoms with van der Waals surface area (Å²) in [6.45, 7) is 8.38. The van der Waals surface area contributed by atoms with E-state index < -0.39 is 10.1 Å². The summed E-state index contributed by atoms with van der Waals surface area (Å²) in [4.78, 5) is 0. The molecule has 0 saturated carbocycles. The number of hydrogen-bond donors (Lipinski definition) is 1. The Morgan fingerprint density at radius 2 is 1.55 bits per heavy atom. The van der Waals surface area contributed by atoms with Crippen molar-refractivity contribution in [1.29, 1.82) is 0 Å². The van der Waals surface area contributed by atoms with Gasteiger partial charge in [0.1, 0.15) is 0 Å². The molecule has 11 heavy (non-hydrogen) atoms. The van der Waals surface area contributed by atoms with Gasteiger partial charge in [-0.25, -0.2) is 0 Å². The Morgan fingerprint density at radius 3 is 1.55 bits per heavy atom. The minimum Gasteiger partial charge on any atom is -0.286 e. The van der Waals surface area contributed by atoms with Crippen molar-refractivity contribution in [3.63, 3.8) is 0 Å². The Hall–Kier alpha value is 0.340. The van der Waals surface area contributed by atoms with Gasteiger partial charge < -0.3 is 0 Å². The fourth-order valence-electron chi connectivity index (χ4n) is 0.258. The fourth-order valence-corrected chi connectivity index (χ4v) is 0.774. The highest BCUT2D eigenvalue weighted by Crippen LogP contribution is 2.14. The van der Waals surface area contributed by atoms with E-state index in [4.69, 9.17) is 4.55 Å². The lowest BCUT2D eigenvalue weighted by Crippen LogP contribution is -2.01. The van der Waals surface area contributed by atoms with Crippen molar-refractivity contribution in [3.8, 4) is 0 Å². The van der Waals surface area contributed by atoms with Crippen LogP contribution in [0, 0.1) is 0 Å². The normalized spacial score (nSPS) is 10.7. The van der Waals surface area contributed by atoms with Crippen LogP contribution >= 0.6 is 7.92 Å². The van der Waals surface area contributed by atoms with Crippen LogP contribution in [0.1, 0.15) is 13.3 Å². The predicted octanol–water partition coefficient (Wildman–Crippen LogP) is 1.64. The third kappa shape index (κ3) is 38.2. The molecule has 0 heterocycles. The zero-order valence-corrected chi connectivity index (χ0v) is 9.24. The van der Waals surface area contributed by atoms with E-state index in [1.165, 1.54) is 0 Å². The Bertz CT molecular complexity index is 160. The van der Waals surface area contributed by atoms with Gasteiger partial charge in [-0.2, -0.15) is 8.42 Å². The summed E-state index contributed by atoms with van der Waals surface area (Å²) in [6.07, 6.45) is 0.471. The van der Waals surface area contributed by atoms with Crippen LogP contribution in [0.3, 0.4) is 0 Å². The monoisotopic (exact) mass is 200 g/mol.